The van der Waals surface area contributed by atoms with Crippen LogP contribution in [-0.4, -0.2) is 16.4 Å². The fourth-order valence-corrected chi connectivity index (χ4v) is 3.14. The Hall–Kier alpha value is -2.03. The van der Waals surface area contributed by atoms with Crippen molar-refractivity contribution in [2.24, 2.45) is 0 Å². The lowest BCUT2D eigenvalue weighted by atomic mass is 9.73. The van der Waals surface area contributed by atoms with Crippen LogP contribution in [0.15, 0.2) is 48.5 Å². The number of hydrogen-bond acceptors (Lipinski definition) is 1. The Morgan fingerprint density at radius 3 is 2.22 bits per heavy atom. The number of carboxylic acid groups (broad SMARTS) is 1. The van der Waals surface area contributed by atoms with Gasteiger partial charge in [0.2, 0.25) is 0 Å². The van der Waals surface area contributed by atoms with Crippen LogP contribution in [0.2, 0.25) is 0 Å². The van der Waals surface area contributed by atoms with Crippen molar-refractivity contribution in [2.75, 3.05) is 5.34 Å². The van der Waals surface area contributed by atoms with Gasteiger partial charge in [0, 0.05) is 0 Å². The Kier molecular flexibility index (Phi) is 7.29. The molecule has 0 spiro atoms. The van der Waals surface area contributed by atoms with Crippen LogP contribution >= 0.6 is 23.2 Å². The lowest BCUT2D eigenvalue weighted by Gasteiger charge is -2.31. The molecule has 1 aliphatic carbocycles. The molecule has 4 heteroatoms. The van der Waals surface area contributed by atoms with E-state index >= 15 is 0 Å². The Morgan fingerprint density at radius 1 is 1.07 bits per heavy atom. The van der Waals surface area contributed by atoms with Crippen molar-refractivity contribution in [3.05, 3.63) is 76.4 Å². The minimum atomic E-state index is -0.898. The van der Waals surface area contributed by atoms with Gasteiger partial charge < -0.3 is 5.11 Å². The van der Waals surface area contributed by atoms with E-state index in [1.807, 2.05) is 18.2 Å². The number of halogens is 2. The molecule has 0 heterocycles. The van der Waals surface area contributed by atoms with Crippen LogP contribution in [0.1, 0.15) is 59.8 Å². The second-order valence-corrected chi connectivity index (χ2v) is 7.95. The predicted octanol–water partition coefficient (Wildman–Crippen LogP) is 7.06. The van der Waals surface area contributed by atoms with Gasteiger partial charge in [0.15, 0.2) is 0 Å². The first kappa shape index (κ1) is 21.3. The quantitative estimate of drug-likeness (QED) is 0.440. The highest BCUT2D eigenvalue weighted by Crippen LogP contribution is 2.39. The van der Waals surface area contributed by atoms with Crippen molar-refractivity contribution in [1.82, 2.24) is 0 Å². The van der Waals surface area contributed by atoms with Crippen LogP contribution in [0.4, 0.5) is 0 Å². The molecule has 0 aromatic heterocycles. The number of hydrogen-bond donors (Lipinski definition) is 1. The normalized spacial score (nSPS) is 14.8. The summed E-state index contributed by atoms with van der Waals surface area (Å²) in [6.45, 7) is 6.74. The molecule has 0 radical (unpaired) electrons. The van der Waals surface area contributed by atoms with E-state index in [0.29, 0.717) is 5.56 Å². The van der Waals surface area contributed by atoms with Gasteiger partial charge in [-0.1, -0.05) is 56.3 Å². The van der Waals surface area contributed by atoms with Crippen molar-refractivity contribution in [3.8, 4) is 0 Å². The van der Waals surface area contributed by atoms with Crippen LogP contribution in [0.3, 0.4) is 0 Å². The molecule has 2 aromatic carbocycles. The summed E-state index contributed by atoms with van der Waals surface area (Å²) in [5.74, 6) is -0.898. The smallest absolute Gasteiger partial charge is 0.335 e. The van der Waals surface area contributed by atoms with Crippen molar-refractivity contribution in [3.63, 3.8) is 0 Å². The molecule has 0 saturated carbocycles. The number of benzene rings is 2. The van der Waals surface area contributed by atoms with Crippen molar-refractivity contribution < 1.29 is 9.90 Å². The van der Waals surface area contributed by atoms with Gasteiger partial charge >= 0.3 is 5.97 Å². The van der Waals surface area contributed by atoms with Gasteiger partial charge in [-0.15, -0.1) is 23.2 Å². The molecule has 2 aromatic rings. The van der Waals surface area contributed by atoms with Gasteiger partial charge in [0.1, 0.15) is 0 Å². The van der Waals surface area contributed by atoms with Gasteiger partial charge in [-0.05, 0) is 64.8 Å². The van der Waals surface area contributed by atoms with Gasteiger partial charge in [-0.2, -0.15) is 0 Å². The molecule has 27 heavy (non-hydrogen) atoms. The SMILES string of the molecule is CC1=CCC(C)(C)c2ccc(/C=C/c3ccc(C(=O)O)cc3)cc21.ClCCl. The van der Waals surface area contributed by atoms with E-state index in [1.54, 1.807) is 12.1 Å². The third-order valence-electron chi connectivity index (χ3n) is 4.74. The molecule has 0 bridgehead atoms. The fraction of sp³-hybridized carbons (Fsp3) is 0.261. The molecule has 2 nitrogen and oxygen atoms in total. The Balaban J connectivity index is 0.000000817. The first-order valence-corrected chi connectivity index (χ1v) is 9.80. The van der Waals surface area contributed by atoms with Crippen LogP contribution in [0.25, 0.3) is 17.7 Å². The molecule has 3 rings (SSSR count). The van der Waals surface area contributed by atoms with Crippen molar-refractivity contribution in [2.45, 2.75) is 32.6 Å². The molecule has 0 fully saturated rings. The minimum Gasteiger partial charge on any atom is -0.478 e. The van der Waals surface area contributed by atoms with Gasteiger partial charge in [-0.3, -0.25) is 0 Å². The van der Waals surface area contributed by atoms with Crippen LogP contribution < -0.4 is 0 Å². The Labute approximate surface area is 171 Å². The average Bonchev–Trinajstić information content (AvgIpc) is 2.64. The first-order chi connectivity index (χ1) is 12.8. The highest BCUT2D eigenvalue weighted by atomic mass is 35.5. The number of fused-ring (bicyclic) bond motifs is 1. The molecular formula is C23H24Cl2O2. The zero-order valence-electron chi connectivity index (χ0n) is 15.8. The van der Waals surface area contributed by atoms with E-state index in [4.69, 9.17) is 28.3 Å². The van der Waals surface area contributed by atoms with Gasteiger partial charge in [-0.25, -0.2) is 4.79 Å². The average molecular weight is 403 g/mol. The lowest BCUT2D eigenvalue weighted by Crippen LogP contribution is -2.21. The maximum atomic E-state index is 10.9. The van der Waals surface area contributed by atoms with Crippen molar-refractivity contribution >= 4 is 46.9 Å². The monoisotopic (exact) mass is 402 g/mol. The third-order valence-corrected chi connectivity index (χ3v) is 4.74. The number of rotatable bonds is 3. The number of carboxylic acids is 1. The summed E-state index contributed by atoms with van der Waals surface area (Å²) in [6, 6.07) is 13.5. The zero-order valence-corrected chi connectivity index (χ0v) is 17.3. The fourth-order valence-electron chi connectivity index (χ4n) is 3.14. The van der Waals surface area contributed by atoms with Crippen LogP contribution in [-0.2, 0) is 5.41 Å². The summed E-state index contributed by atoms with van der Waals surface area (Å²) in [4.78, 5) is 10.9. The van der Waals surface area contributed by atoms with E-state index in [9.17, 15) is 4.79 Å². The summed E-state index contributed by atoms with van der Waals surface area (Å²) in [5.41, 5.74) is 6.71. The largest absolute Gasteiger partial charge is 0.478 e. The van der Waals surface area contributed by atoms with Gasteiger partial charge in [0.05, 0.1) is 10.9 Å². The molecule has 1 aliphatic rings. The molecular weight excluding hydrogens is 379 g/mol. The summed E-state index contributed by atoms with van der Waals surface area (Å²) in [7, 11) is 0. The number of aromatic carboxylic acids is 1. The Bertz CT molecular complexity index is 862. The van der Waals surface area contributed by atoms with Crippen LogP contribution in [0, 0.1) is 0 Å². The predicted molar refractivity (Wildman–Crippen MR) is 117 cm³/mol. The second kappa shape index (κ2) is 9.25. The number of carbonyl (C=O) groups is 1. The third kappa shape index (κ3) is 5.47. The highest BCUT2D eigenvalue weighted by Gasteiger charge is 2.26. The zero-order chi connectivity index (χ0) is 20.0. The molecule has 0 saturated heterocycles. The summed E-state index contributed by atoms with van der Waals surface area (Å²) in [5, 5.41) is 9.13. The van der Waals surface area contributed by atoms with E-state index in [2.05, 4.69) is 51.1 Å². The summed E-state index contributed by atoms with van der Waals surface area (Å²) >= 11 is 9.53. The van der Waals surface area contributed by atoms with Crippen LogP contribution in [0.5, 0.6) is 0 Å². The summed E-state index contributed by atoms with van der Waals surface area (Å²) in [6.07, 6.45) is 7.49. The molecule has 0 unspecified atom stereocenters. The minimum absolute atomic E-state index is 0.184. The first-order valence-electron chi connectivity index (χ1n) is 8.73. The van der Waals surface area contributed by atoms with E-state index < -0.39 is 5.97 Å². The second-order valence-electron chi connectivity index (χ2n) is 7.14. The summed E-state index contributed by atoms with van der Waals surface area (Å²) < 4.78 is 0. The molecule has 0 atom stereocenters. The van der Waals surface area contributed by atoms with Crippen molar-refractivity contribution in [1.29, 1.82) is 0 Å². The molecule has 0 amide bonds. The number of allylic oxidation sites excluding steroid dienone is 2. The van der Waals surface area contributed by atoms with Gasteiger partial charge in [0.25, 0.3) is 0 Å². The van der Waals surface area contributed by atoms with E-state index in [-0.39, 0.29) is 10.8 Å². The maximum absolute atomic E-state index is 10.9. The standard InChI is InChI=1S/C22H22O2.CH2Cl2/c1-15-12-13-22(2,3)20-11-8-17(14-19(15)20)5-4-16-6-9-18(10-7-16)21(23)24;2-1-3/h4-12,14H,13H2,1-3H3,(H,23,24);1H2/b5-4+;. The molecule has 1 N–H and O–H groups in total. The number of alkyl halides is 2. The maximum Gasteiger partial charge on any atom is 0.335 e. The van der Waals surface area contributed by atoms with E-state index in [1.165, 1.54) is 16.7 Å². The Morgan fingerprint density at radius 2 is 1.63 bits per heavy atom. The highest BCUT2D eigenvalue weighted by molar-refractivity contribution is 6.40. The topological polar surface area (TPSA) is 37.3 Å². The molecule has 142 valence electrons. The molecule has 0 aliphatic heterocycles. The lowest BCUT2D eigenvalue weighted by molar-refractivity contribution is 0.0697. The van der Waals surface area contributed by atoms with E-state index in [0.717, 1.165) is 17.5 Å².